The Morgan fingerprint density at radius 2 is 2.10 bits per heavy atom. The molecule has 29 heavy (non-hydrogen) atoms. The van der Waals surface area contributed by atoms with E-state index in [4.69, 9.17) is 16.3 Å². The van der Waals surface area contributed by atoms with E-state index in [-0.39, 0.29) is 17.2 Å². The summed E-state index contributed by atoms with van der Waals surface area (Å²) in [5.41, 5.74) is 1.70. The largest absolute Gasteiger partial charge is 0.466 e. The van der Waals surface area contributed by atoms with Crippen LogP contribution in [0.3, 0.4) is 0 Å². The van der Waals surface area contributed by atoms with E-state index >= 15 is 0 Å². The van der Waals surface area contributed by atoms with Crippen LogP contribution in [-0.4, -0.2) is 35.6 Å². The zero-order valence-corrected chi connectivity index (χ0v) is 19.3. The van der Waals surface area contributed by atoms with Crippen molar-refractivity contribution in [2.24, 2.45) is 17.3 Å². The quantitative estimate of drug-likeness (QED) is 0.485. The zero-order valence-electron chi connectivity index (χ0n) is 17.8. The Labute approximate surface area is 181 Å². The zero-order chi connectivity index (χ0) is 20.8. The van der Waals surface area contributed by atoms with Crippen molar-refractivity contribution in [2.45, 2.75) is 59.8 Å². The van der Waals surface area contributed by atoms with Gasteiger partial charge in [-0.3, -0.25) is 4.79 Å². The van der Waals surface area contributed by atoms with Crippen LogP contribution in [-0.2, 0) is 22.4 Å². The fraction of sp³-hybridized carbons (Fsp3) is 0.682. The molecule has 2 unspecified atom stereocenters. The smallest absolute Gasteiger partial charge is 0.310 e. The van der Waals surface area contributed by atoms with E-state index < -0.39 is 0 Å². The van der Waals surface area contributed by atoms with Crippen LogP contribution in [0.4, 0.5) is 5.82 Å². The number of piperidine rings is 1. The summed E-state index contributed by atoms with van der Waals surface area (Å²) in [7, 11) is 0. The first-order valence-corrected chi connectivity index (χ1v) is 11.9. The summed E-state index contributed by atoms with van der Waals surface area (Å²) in [6.45, 7) is 10.8. The minimum Gasteiger partial charge on any atom is -0.466 e. The van der Waals surface area contributed by atoms with E-state index in [9.17, 15) is 4.79 Å². The van der Waals surface area contributed by atoms with Gasteiger partial charge in [0.25, 0.3) is 0 Å². The molecule has 2 aromatic rings. The van der Waals surface area contributed by atoms with Crippen LogP contribution in [0, 0.1) is 17.3 Å². The lowest BCUT2D eigenvalue weighted by Gasteiger charge is -2.34. The average Bonchev–Trinajstić information content (AvgIpc) is 3.04. The Hall–Kier alpha value is -1.40. The minimum absolute atomic E-state index is 0.103. The second-order valence-electron chi connectivity index (χ2n) is 9.34. The molecule has 7 heteroatoms. The third kappa shape index (κ3) is 4.11. The maximum Gasteiger partial charge on any atom is 0.310 e. The van der Waals surface area contributed by atoms with Gasteiger partial charge >= 0.3 is 5.97 Å². The Bertz CT molecular complexity index is 921. The molecule has 2 atom stereocenters. The first-order chi connectivity index (χ1) is 13.8. The number of thiophene rings is 1. The monoisotopic (exact) mass is 435 g/mol. The second kappa shape index (κ2) is 8.03. The van der Waals surface area contributed by atoms with Gasteiger partial charge in [-0.15, -0.1) is 11.3 Å². The van der Waals surface area contributed by atoms with Crippen molar-refractivity contribution in [3.63, 3.8) is 0 Å². The molecule has 4 rings (SSSR count). The number of esters is 1. The van der Waals surface area contributed by atoms with E-state index in [0.717, 1.165) is 48.3 Å². The highest BCUT2D eigenvalue weighted by Crippen LogP contribution is 2.45. The summed E-state index contributed by atoms with van der Waals surface area (Å²) in [6, 6.07) is 0. The van der Waals surface area contributed by atoms with Crippen LogP contribution >= 0.6 is 22.9 Å². The molecule has 1 aliphatic heterocycles. The summed E-state index contributed by atoms with van der Waals surface area (Å²) >= 11 is 8.10. The first-order valence-electron chi connectivity index (χ1n) is 10.7. The third-order valence-electron chi connectivity index (χ3n) is 6.43. The van der Waals surface area contributed by atoms with Gasteiger partial charge in [0.15, 0.2) is 0 Å². The average molecular weight is 436 g/mol. The molecule has 0 N–H and O–H groups in total. The lowest BCUT2D eigenvalue weighted by atomic mass is 9.72. The van der Waals surface area contributed by atoms with Crippen molar-refractivity contribution in [1.29, 1.82) is 0 Å². The fourth-order valence-electron chi connectivity index (χ4n) is 4.72. The molecule has 0 spiro atoms. The molecule has 0 radical (unpaired) electrons. The van der Waals surface area contributed by atoms with Gasteiger partial charge in [0.05, 0.1) is 17.9 Å². The first kappa shape index (κ1) is 20.9. The SMILES string of the molecule is CCOC(=O)C1CCCN(c2nc(Cl)nc3sc4c(c23)CCC(C(C)(C)C)C4)C1. The molecule has 1 fully saturated rings. The van der Waals surface area contributed by atoms with Crippen LogP contribution in [0.15, 0.2) is 0 Å². The molecule has 3 heterocycles. The number of ether oxygens (including phenoxy) is 1. The Balaban J connectivity index is 1.70. The number of aromatic nitrogens is 2. The molecule has 1 saturated heterocycles. The Morgan fingerprint density at radius 1 is 1.31 bits per heavy atom. The summed E-state index contributed by atoms with van der Waals surface area (Å²) in [5.74, 6) is 1.38. The molecule has 2 aromatic heterocycles. The van der Waals surface area contributed by atoms with Crippen LogP contribution < -0.4 is 4.90 Å². The van der Waals surface area contributed by atoms with Crippen molar-refractivity contribution in [1.82, 2.24) is 9.97 Å². The number of carbonyl (C=O) groups excluding carboxylic acids is 1. The molecule has 0 bridgehead atoms. The van der Waals surface area contributed by atoms with Crippen molar-refractivity contribution < 1.29 is 9.53 Å². The van der Waals surface area contributed by atoms with Crippen LogP contribution in [0.2, 0.25) is 5.28 Å². The molecule has 158 valence electrons. The van der Waals surface area contributed by atoms with Gasteiger partial charge in [0.1, 0.15) is 10.6 Å². The molecule has 0 aromatic carbocycles. The normalized spacial score (nSPS) is 22.6. The molecule has 0 amide bonds. The van der Waals surface area contributed by atoms with E-state index in [1.54, 1.807) is 11.3 Å². The van der Waals surface area contributed by atoms with E-state index in [0.29, 0.717) is 24.5 Å². The number of hydrogen-bond acceptors (Lipinski definition) is 6. The van der Waals surface area contributed by atoms with Crippen molar-refractivity contribution in [3.05, 3.63) is 15.7 Å². The van der Waals surface area contributed by atoms with Gasteiger partial charge in [-0.25, -0.2) is 4.98 Å². The number of hydrogen-bond donors (Lipinski definition) is 0. The lowest BCUT2D eigenvalue weighted by molar-refractivity contribution is -0.148. The molecular formula is C22H30ClN3O2S. The highest BCUT2D eigenvalue weighted by molar-refractivity contribution is 7.19. The number of fused-ring (bicyclic) bond motifs is 3. The van der Waals surface area contributed by atoms with Gasteiger partial charge in [-0.2, -0.15) is 4.98 Å². The molecular weight excluding hydrogens is 406 g/mol. The summed E-state index contributed by atoms with van der Waals surface area (Å²) in [4.78, 5) is 26.2. The number of rotatable bonds is 3. The third-order valence-corrected chi connectivity index (χ3v) is 7.75. The fourth-order valence-corrected chi connectivity index (χ4v) is 6.23. The second-order valence-corrected chi connectivity index (χ2v) is 10.8. The number of nitrogens with zero attached hydrogens (tertiary/aromatic N) is 3. The summed E-state index contributed by atoms with van der Waals surface area (Å²) in [6.07, 6.45) is 5.17. The predicted molar refractivity (Wildman–Crippen MR) is 119 cm³/mol. The maximum absolute atomic E-state index is 12.3. The van der Waals surface area contributed by atoms with Crippen LogP contribution in [0.1, 0.15) is 57.4 Å². The standard InChI is InChI=1S/C22H30ClN3O2S/c1-5-28-20(27)13-7-6-10-26(12-13)18-17-15-9-8-14(22(2,3)4)11-16(15)29-19(17)25-21(23)24-18/h13-14H,5-12H2,1-4H3. The van der Waals surface area contributed by atoms with Gasteiger partial charge in [-0.05, 0) is 67.5 Å². The summed E-state index contributed by atoms with van der Waals surface area (Å²) in [5, 5.41) is 1.45. The highest BCUT2D eigenvalue weighted by atomic mass is 35.5. The molecule has 0 saturated carbocycles. The number of aryl methyl sites for hydroxylation is 1. The lowest BCUT2D eigenvalue weighted by Crippen LogP contribution is -2.40. The topological polar surface area (TPSA) is 55.3 Å². The van der Waals surface area contributed by atoms with Crippen molar-refractivity contribution in [3.8, 4) is 0 Å². The number of anilines is 1. The van der Waals surface area contributed by atoms with Gasteiger partial charge < -0.3 is 9.64 Å². The number of halogens is 1. The minimum atomic E-state index is -0.104. The van der Waals surface area contributed by atoms with Crippen molar-refractivity contribution in [2.75, 3.05) is 24.6 Å². The molecule has 1 aliphatic carbocycles. The van der Waals surface area contributed by atoms with Gasteiger partial charge in [0.2, 0.25) is 5.28 Å². The van der Waals surface area contributed by atoms with Gasteiger partial charge in [0, 0.05) is 18.0 Å². The summed E-state index contributed by atoms with van der Waals surface area (Å²) < 4.78 is 5.27. The van der Waals surface area contributed by atoms with Crippen LogP contribution in [0.25, 0.3) is 10.2 Å². The van der Waals surface area contributed by atoms with Gasteiger partial charge in [-0.1, -0.05) is 20.8 Å². The highest BCUT2D eigenvalue weighted by Gasteiger charge is 2.34. The molecule has 2 aliphatic rings. The van der Waals surface area contributed by atoms with E-state index in [1.807, 2.05) is 6.92 Å². The van der Waals surface area contributed by atoms with Crippen molar-refractivity contribution >= 4 is 44.9 Å². The van der Waals surface area contributed by atoms with E-state index in [2.05, 4.69) is 35.6 Å². The van der Waals surface area contributed by atoms with Crippen LogP contribution in [0.5, 0.6) is 0 Å². The number of carbonyl (C=O) groups is 1. The Morgan fingerprint density at radius 3 is 2.83 bits per heavy atom. The van der Waals surface area contributed by atoms with E-state index in [1.165, 1.54) is 16.9 Å². The Kier molecular flexibility index (Phi) is 5.77. The predicted octanol–water partition coefficient (Wildman–Crippen LogP) is 5.28. The maximum atomic E-state index is 12.3. The molecule has 5 nitrogen and oxygen atoms in total.